The Morgan fingerprint density at radius 2 is 1.91 bits per heavy atom. The van der Waals surface area contributed by atoms with Gasteiger partial charge in [0.25, 0.3) is 0 Å². The molecule has 0 aromatic heterocycles. The first kappa shape index (κ1) is 14.4. The molecule has 0 fully saturated rings. The van der Waals surface area contributed by atoms with E-state index in [0.29, 0.717) is 12.7 Å². The summed E-state index contributed by atoms with van der Waals surface area (Å²) in [7, 11) is 0. The van der Waals surface area contributed by atoms with Gasteiger partial charge in [-0.2, -0.15) is 0 Å². The van der Waals surface area contributed by atoms with Crippen LogP contribution in [-0.2, 0) is 0 Å². The SMILES string of the molecule is CCCCCN1CC(c2ccc3c(c2)OCO3)c2ccccc21. The summed E-state index contributed by atoms with van der Waals surface area (Å²) in [4.78, 5) is 2.54. The lowest BCUT2D eigenvalue weighted by Gasteiger charge is -2.20. The van der Waals surface area contributed by atoms with Gasteiger partial charge in [-0.05, 0) is 35.7 Å². The standard InChI is InChI=1S/C20H23NO2/c1-2-3-6-11-21-13-17(16-7-4-5-8-18(16)21)15-9-10-19-20(12-15)23-14-22-19/h4-5,7-10,12,17H,2-3,6,11,13-14H2,1H3. The Hall–Kier alpha value is -2.16. The lowest BCUT2D eigenvalue weighted by Crippen LogP contribution is -2.23. The molecule has 0 N–H and O–H groups in total. The van der Waals surface area contributed by atoms with Gasteiger partial charge in [-0.3, -0.25) is 0 Å². The fourth-order valence-corrected chi connectivity index (χ4v) is 3.67. The van der Waals surface area contributed by atoms with Gasteiger partial charge in [-0.25, -0.2) is 0 Å². The van der Waals surface area contributed by atoms with Crippen molar-refractivity contribution in [2.75, 3.05) is 24.8 Å². The van der Waals surface area contributed by atoms with E-state index in [9.17, 15) is 0 Å². The molecule has 0 saturated carbocycles. The molecule has 1 unspecified atom stereocenters. The zero-order valence-corrected chi connectivity index (χ0v) is 13.6. The Kier molecular flexibility index (Phi) is 3.86. The Morgan fingerprint density at radius 1 is 1.04 bits per heavy atom. The van der Waals surface area contributed by atoms with Crippen molar-refractivity contribution in [2.24, 2.45) is 0 Å². The maximum atomic E-state index is 5.56. The quantitative estimate of drug-likeness (QED) is 0.756. The normalized spacial score (nSPS) is 18.3. The van der Waals surface area contributed by atoms with E-state index in [2.05, 4.69) is 48.2 Å². The fourth-order valence-electron chi connectivity index (χ4n) is 3.67. The molecule has 2 aliphatic heterocycles. The third-order valence-corrected chi connectivity index (χ3v) is 4.89. The number of fused-ring (bicyclic) bond motifs is 2. The van der Waals surface area contributed by atoms with Crippen LogP contribution in [0.5, 0.6) is 11.5 Å². The second-order valence-electron chi connectivity index (χ2n) is 6.38. The van der Waals surface area contributed by atoms with Crippen LogP contribution in [0.4, 0.5) is 5.69 Å². The molecule has 120 valence electrons. The second-order valence-corrected chi connectivity index (χ2v) is 6.38. The third-order valence-electron chi connectivity index (χ3n) is 4.89. The van der Waals surface area contributed by atoms with Crippen LogP contribution in [0.25, 0.3) is 0 Å². The highest BCUT2D eigenvalue weighted by Gasteiger charge is 2.30. The number of unbranched alkanes of at least 4 members (excludes halogenated alkanes) is 2. The number of hydrogen-bond donors (Lipinski definition) is 0. The number of para-hydroxylation sites is 1. The summed E-state index contributed by atoms with van der Waals surface area (Å²) in [5.74, 6) is 2.16. The topological polar surface area (TPSA) is 21.7 Å². The molecule has 1 atom stereocenters. The van der Waals surface area contributed by atoms with E-state index in [4.69, 9.17) is 9.47 Å². The van der Waals surface area contributed by atoms with Gasteiger partial charge >= 0.3 is 0 Å². The molecule has 0 bridgehead atoms. The molecule has 3 nitrogen and oxygen atoms in total. The van der Waals surface area contributed by atoms with Gasteiger partial charge in [0.05, 0.1) is 0 Å². The number of hydrogen-bond acceptors (Lipinski definition) is 3. The van der Waals surface area contributed by atoms with Crippen LogP contribution in [0.2, 0.25) is 0 Å². The van der Waals surface area contributed by atoms with Crippen molar-refractivity contribution in [1.29, 1.82) is 0 Å². The minimum absolute atomic E-state index is 0.336. The van der Waals surface area contributed by atoms with E-state index in [0.717, 1.165) is 24.6 Å². The monoisotopic (exact) mass is 309 g/mol. The highest BCUT2D eigenvalue weighted by Crippen LogP contribution is 2.43. The van der Waals surface area contributed by atoms with Crippen LogP contribution in [-0.4, -0.2) is 19.9 Å². The van der Waals surface area contributed by atoms with Crippen LogP contribution in [0.3, 0.4) is 0 Å². The van der Waals surface area contributed by atoms with Crippen molar-refractivity contribution in [1.82, 2.24) is 0 Å². The summed E-state index contributed by atoms with van der Waals surface area (Å²) >= 11 is 0. The molecule has 2 aromatic rings. The highest BCUT2D eigenvalue weighted by atomic mass is 16.7. The van der Waals surface area contributed by atoms with Crippen molar-refractivity contribution < 1.29 is 9.47 Å². The maximum absolute atomic E-state index is 5.56. The smallest absolute Gasteiger partial charge is 0.231 e. The van der Waals surface area contributed by atoms with E-state index in [-0.39, 0.29) is 0 Å². The minimum Gasteiger partial charge on any atom is -0.454 e. The van der Waals surface area contributed by atoms with Gasteiger partial charge in [0.1, 0.15) is 0 Å². The molecule has 0 aliphatic carbocycles. The average molecular weight is 309 g/mol. The number of benzene rings is 2. The molecule has 0 amide bonds. The largest absolute Gasteiger partial charge is 0.454 e. The van der Waals surface area contributed by atoms with Gasteiger partial charge in [-0.15, -0.1) is 0 Å². The van der Waals surface area contributed by atoms with Crippen LogP contribution in [0.15, 0.2) is 42.5 Å². The summed E-state index contributed by atoms with van der Waals surface area (Å²) in [5.41, 5.74) is 4.15. The predicted octanol–water partition coefficient (Wildman–Crippen LogP) is 4.56. The Bertz CT molecular complexity index is 698. The van der Waals surface area contributed by atoms with Crippen LogP contribution >= 0.6 is 0 Å². The molecule has 0 spiro atoms. The first-order chi connectivity index (χ1) is 11.4. The summed E-state index contributed by atoms with van der Waals surface area (Å²) in [5, 5.41) is 0. The van der Waals surface area contributed by atoms with E-state index >= 15 is 0 Å². The van der Waals surface area contributed by atoms with Crippen molar-refractivity contribution in [3.63, 3.8) is 0 Å². The van der Waals surface area contributed by atoms with Crippen molar-refractivity contribution in [3.8, 4) is 11.5 Å². The molecule has 0 saturated heterocycles. The van der Waals surface area contributed by atoms with Gasteiger partial charge in [0.2, 0.25) is 6.79 Å². The summed E-state index contributed by atoms with van der Waals surface area (Å²) in [6.45, 7) is 4.80. The zero-order valence-electron chi connectivity index (χ0n) is 13.6. The van der Waals surface area contributed by atoms with Crippen molar-refractivity contribution in [2.45, 2.75) is 32.1 Å². The third kappa shape index (κ3) is 2.65. The summed E-state index contributed by atoms with van der Waals surface area (Å²) in [6, 6.07) is 15.2. The molecule has 0 radical (unpaired) electrons. The zero-order chi connectivity index (χ0) is 15.6. The van der Waals surface area contributed by atoms with E-state index < -0.39 is 0 Å². The Balaban J connectivity index is 1.62. The lowest BCUT2D eigenvalue weighted by atomic mass is 9.93. The highest BCUT2D eigenvalue weighted by molar-refractivity contribution is 5.63. The van der Waals surface area contributed by atoms with Crippen molar-refractivity contribution >= 4 is 5.69 Å². The number of nitrogens with zero attached hydrogens (tertiary/aromatic N) is 1. The molecule has 3 heteroatoms. The van der Waals surface area contributed by atoms with E-state index in [1.807, 2.05) is 6.07 Å². The molecule has 2 heterocycles. The second kappa shape index (κ2) is 6.15. The minimum atomic E-state index is 0.336. The van der Waals surface area contributed by atoms with E-state index in [1.54, 1.807) is 0 Å². The molecule has 4 rings (SSSR count). The Labute approximate surface area is 137 Å². The molecule has 2 aromatic carbocycles. The van der Waals surface area contributed by atoms with Gasteiger partial charge in [0.15, 0.2) is 11.5 Å². The van der Waals surface area contributed by atoms with Crippen molar-refractivity contribution in [3.05, 3.63) is 53.6 Å². The average Bonchev–Trinajstić information content (AvgIpc) is 3.19. The number of anilines is 1. The molecular formula is C20H23NO2. The predicted molar refractivity (Wildman–Crippen MR) is 92.6 cm³/mol. The van der Waals surface area contributed by atoms with Gasteiger partial charge < -0.3 is 14.4 Å². The lowest BCUT2D eigenvalue weighted by molar-refractivity contribution is 0.174. The maximum Gasteiger partial charge on any atom is 0.231 e. The van der Waals surface area contributed by atoms with Gasteiger partial charge in [0, 0.05) is 24.7 Å². The molecule has 23 heavy (non-hydrogen) atoms. The molecular weight excluding hydrogens is 286 g/mol. The van der Waals surface area contributed by atoms with Gasteiger partial charge in [-0.1, -0.05) is 44.0 Å². The first-order valence-electron chi connectivity index (χ1n) is 8.60. The summed E-state index contributed by atoms with van der Waals surface area (Å²) < 4.78 is 11.0. The number of ether oxygens (including phenoxy) is 2. The fraction of sp³-hybridized carbons (Fsp3) is 0.400. The molecule has 2 aliphatic rings. The van der Waals surface area contributed by atoms with Crippen LogP contribution in [0, 0.1) is 0 Å². The Morgan fingerprint density at radius 3 is 2.83 bits per heavy atom. The van der Waals surface area contributed by atoms with Crippen LogP contribution < -0.4 is 14.4 Å². The number of rotatable bonds is 5. The van der Waals surface area contributed by atoms with Crippen LogP contribution in [0.1, 0.15) is 43.2 Å². The first-order valence-corrected chi connectivity index (χ1v) is 8.60. The summed E-state index contributed by atoms with van der Waals surface area (Å²) in [6.07, 6.45) is 3.83. The van der Waals surface area contributed by atoms with E-state index in [1.165, 1.54) is 36.1 Å².